The Balaban J connectivity index is 2.74. The van der Waals surface area contributed by atoms with Gasteiger partial charge in [0.1, 0.15) is 11.7 Å². The molecule has 19 heavy (non-hydrogen) atoms. The number of nitrogens with one attached hydrogen (secondary N) is 1. The number of aliphatic carboxylic acids is 1. The molecule has 0 spiro atoms. The number of hydrogen-bond acceptors (Lipinski definition) is 4. The summed E-state index contributed by atoms with van der Waals surface area (Å²) in [5.41, 5.74) is 0.0443. The van der Waals surface area contributed by atoms with Crippen molar-refractivity contribution >= 4 is 11.9 Å². The van der Waals surface area contributed by atoms with Gasteiger partial charge >= 0.3 is 5.97 Å². The first-order chi connectivity index (χ1) is 8.62. The number of carboxylic acids is 1. The Labute approximate surface area is 112 Å². The second kappa shape index (κ2) is 5.42. The van der Waals surface area contributed by atoms with Gasteiger partial charge in [0.2, 0.25) is 5.91 Å². The van der Waals surface area contributed by atoms with E-state index in [0.29, 0.717) is 17.3 Å². The molecule has 0 saturated heterocycles. The van der Waals surface area contributed by atoms with Crippen LogP contribution in [0.3, 0.4) is 0 Å². The number of oxazole rings is 1. The molecule has 0 fully saturated rings. The van der Waals surface area contributed by atoms with E-state index in [-0.39, 0.29) is 6.54 Å². The predicted molar refractivity (Wildman–Crippen MR) is 68.4 cm³/mol. The molecular formula is C13H20N2O4. The standard InChI is InChI=1S/C13H20N2O4/c1-7-9(19-8(2)15-7)6-14-11(16)10(12(17)18)13(3,4)5/h10H,6H2,1-5H3,(H,14,16)(H,17,18). The molecule has 1 aromatic heterocycles. The van der Waals surface area contributed by atoms with Crippen LogP contribution in [-0.4, -0.2) is 22.0 Å². The van der Waals surface area contributed by atoms with Crippen LogP contribution in [0.5, 0.6) is 0 Å². The molecule has 1 aromatic rings. The molecular weight excluding hydrogens is 248 g/mol. The highest BCUT2D eigenvalue weighted by molar-refractivity contribution is 5.97. The number of aromatic nitrogens is 1. The van der Waals surface area contributed by atoms with E-state index < -0.39 is 23.2 Å². The van der Waals surface area contributed by atoms with E-state index in [9.17, 15) is 9.59 Å². The summed E-state index contributed by atoms with van der Waals surface area (Å²) in [6, 6.07) is 0. The molecule has 1 unspecified atom stereocenters. The molecule has 6 nitrogen and oxygen atoms in total. The summed E-state index contributed by atoms with van der Waals surface area (Å²) in [5, 5.41) is 11.7. The van der Waals surface area contributed by atoms with Crippen LogP contribution < -0.4 is 5.32 Å². The number of hydrogen-bond donors (Lipinski definition) is 2. The van der Waals surface area contributed by atoms with Gasteiger partial charge in [0.05, 0.1) is 12.2 Å². The van der Waals surface area contributed by atoms with Gasteiger partial charge in [-0.2, -0.15) is 0 Å². The van der Waals surface area contributed by atoms with Crippen molar-refractivity contribution in [3.63, 3.8) is 0 Å². The van der Waals surface area contributed by atoms with Crippen molar-refractivity contribution in [2.45, 2.75) is 41.2 Å². The molecule has 2 N–H and O–H groups in total. The van der Waals surface area contributed by atoms with Crippen LogP contribution >= 0.6 is 0 Å². The Morgan fingerprint density at radius 2 is 1.95 bits per heavy atom. The first-order valence-corrected chi connectivity index (χ1v) is 6.06. The molecule has 0 aliphatic carbocycles. The third-order valence-electron chi connectivity index (χ3n) is 2.80. The van der Waals surface area contributed by atoms with Crippen LogP contribution in [0.4, 0.5) is 0 Å². The van der Waals surface area contributed by atoms with Gasteiger partial charge in [-0.1, -0.05) is 20.8 Å². The van der Waals surface area contributed by atoms with Crippen molar-refractivity contribution in [2.24, 2.45) is 11.3 Å². The first-order valence-electron chi connectivity index (χ1n) is 6.06. The number of nitrogens with zero attached hydrogens (tertiary/aromatic N) is 1. The fourth-order valence-corrected chi connectivity index (χ4v) is 1.88. The van der Waals surface area contributed by atoms with Crippen LogP contribution in [0.25, 0.3) is 0 Å². The number of rotatable bonds is 4. The van der Waals surface area contributed by atoms with Gasteiger partial charge < -0.3 is 14.8 Å². The van der Waals surface area contributed by atoms with E-state index in [1.54, 1.807) is 34.6 Å². The predicted octanol–water partition coefficient (Wildman–Crippen LogP) is 1.65. The van der Waals surface area contributed by atoms with Crippen LogP contribution in [0.1, 0.15) is 38.1 Å². The molecule has 0 radical (unpaired) electrons. The first kappa shape index (κ1) is 15.2. The SMILES string of the molecule is Cc1nc(C)c(CNC(=O)C(C(=O)O)C(C)(C)C)o1. The maximum absolute atomic E-state index is 12.0. The molecule has 0 aromatic carbocycles. The lowest BCUT2D eigenvalue weighted by molar-refractivity contribution is -0.151. The molecule has 1 rings (SSSR count). The fourth-order valence-electron chi connectivity index (χ4n) is 1.88. The Bertz CT molecular complexity index is 485. The molecule has 0 saturated carbocycles. The average Bonchev–Trinajstić information content (AvgIpc) is 2.51. The number of carbonyl (C=O) groups excluding carboxylic acids is 1. The Morgan fingerprint density at radius 3 is 2.32 bits per heavy atom. The Morgan fingerprint density at radius 1 is 1.37 bits per heavy atom. The summed E-state index contributed by atoms with van der Waals surface area (Å²) >= 11 is 0. The lowest BCUT2D eigenvalue weighted by Gasteiger charge is -2.25. The fraction of sp³-hybridized carbons (Fsp3) is 0.615. The van der Waals surface area contributed by atoms with E-state index in [0.717, 1.165) is 0 Å². The van der Waals surface area contributed by atoms with Crippen molar-refractivity contribution in [2.75, 3.05) is 0 Å². The van der Waals surface area contributed by atoms with E-state index in [1.807, 2.05) is 0 Å². The highest BCUT2D eigenvalue weighted by Gasteiger charge is 2.37. The van der Waals surface area contributed by atoms with Crippen LogP contribution in [-0.2, 0) is 16.1 Å². The highest BCUT2D eigenvalue weighted by atomic mass is 16.4. The Kier molecular flexibility index (Phi) is 4.34. The van der Waals surface area contributed by atoms with E-state index >= 15 is 0 Å². The summed E-state index contributed by atoms with van der Waals surface area (Å²) in [6.45, 7) is 8.79. The second-order valence-corrected chi connectivity index (χ2v) is 5.60. The zero-order chi connectivity index (χ0) is 14.8. The van der Waals surface area contributed by atoms with Gasteiger partial charge in [-0.15, -0.1) is 0 Å². The van der Waals surface area contributed by atoms with Crippen LogP contribution in [0.15, 0.2) is 4.42 Å². The van der Waals surface area contributed by atoms with Crippen molar-refractivity contribution in [3.8, 4) is 0 Å². The van der Waals surface area contributed by atoms with Crippen molar-refractivity contribution in [3.05, 3.63) is 17.3 Å². The van der Waals surface area contributed by atoms with Gasteiger partial charge in [-0.05, 0) is 12.3 Å². The number of amides is 1. The summed E-state index contributed by atoms with van der Waals surface area (Å²) in [7, 11) is 0. The van der Waals surface area contributed by atoms with Crippen molar-refractivity contribution in [1.82, 2.24) is 10.3 Å². The lowest BCUT2D eigenvalue weighted by Crippen LogP contribution is -2.42. The van der Waals surface area contributed by atoms with E-state index in [1.165, 1.54) is 0 Å². The number of carboxylic acid groups (broad SMARTS) is 1. The van der Waals surface area contributed by atoms with Crippen LogP contribution in [0.2, 0.25) is 0 Å². The van der Waals surface area contributed by atoms with Crippen molar-refractivity contribution < 1.29 is 19.1 Å². The maximum atomic E-state index is 12.0. The topological polar surface area (TPSA) is 92.4 Å². The average molecular weight is 268 g/mol. The molecule has 0 aliphatic rings. The summed E-state index contributed by atoms with van der Waals surface area (Å²) < 4.78 is 5.32. The summed E-state index contributed by atoms with van der Waals surface area (Å²) in [5.74, 6) is -1.68. The molecule has 6 heteroatoms. The third-order valence-corrected chi connectivity index (χ3v) is 2.80. The zero-order valence-corrected chi connectivity index (χ0v) is 11.9. The second-order valence-electron chi connectivity index (χ2n) is 5.60. The van der Waals surface area contributed by atoms with Crippen molar-refractivity contribution in [1.29, 1.82) is 0 Å². The lowest BCUT2D eigenvalue weighted by atomic mass is 9.80. The quantitative estimate of drug-likeness (QED) is 0.810. The third kappa shape index (κ3) is 3.81. The van der Waals surface area contributed by atoms with E-state index in [4.69, 9.17) is 9.52 Å². The Hall–Kier alpha value is -1.85. The smallest absolute Gasteiger partial charge is 0.316 e. The number of carbonyl (C=O) groups is 2. The van der Waals surface area contributed by atoms with E-state index in [2.05, 4.69) is 10.3 Å². The monoisotopic (exact) mass is 268 g/mol. The normalized spacial score (nSPS) is 13.1. The minimum atomic E-state index is -1.13. The minimum Gasteiger partial charge on any atom is -0.481 e. The van der Waals surface area contributed by atoms with Crippen LogP contribution in [0, 0.1) is 25.2 Å². The summed E-state index contributed by atoms with van der Waals surface area (Å²) in [4.78, 5) is 27.2. The zero-order valence-electron chi connectivity index (χ0n) is 11.9. The highest BCUT2D eigenvalue weighted by Crippen LogP contribution is 2.26. The molecule has 1 heterocycles. The van der Waals surface area contributed by atoms with Gasteiger partial charge in [0.25, 0.3) is 0 Å². The largest absolute Gasteiger partial charge is 0.481 e. The van der Waals surface area contributed by atoms with Gasteiger partial charge in [0.15, 0.2) is 5.89 Å². The number of aryl methyl sites for hydroxylation is 2. The van der Waals surface area contributed by atoms with Gasteiger partial charge in [-0.25, -0.2) is 4.98 Å². The molecule has 1 atom stereocenters. The molecule has 106 valence electrons. The molecule has 0 aliphatic heterocycles. The molecule has 0 bridgehead atoms. The summed E-state index contributed by atoms with van der Waals surface area (Å²) in [6.07, 6.45) is 0. The minimum absolute atomic E-state index is 0.144. The van der Waals surface area contributed by atoms with Gasteiger partial charge in [-0.3, -0.25) is 9.59 Å². The molecule has 1 amide bonds. The van der Waals surface area contributed by atoms with Gasteiger partial charge in [0, 0.05) is 6.92 Å². The maximum Gasteiger partial charge on any atom is 0.316 e.